The molecule has 3 rings (SSSR count). The smallest absolute Gasteiger partial charge is 0.325 e. The van der Waals surface area contributed by atoms with Crippen molar-refractivity contribution in [3.05, 3.63) is 71.0 Å². The molecule has 0 aliphatic rings. The van der Waals surface area contributed by atoms with E-state index in [1.165, 1.54) is 18.2 Å². The Kier molecular flexibility index (Phi) is 6.14. The third-order valence-corrected chi connectivity index (χ3v) is 5.46. The Hall–Kier alpha value is -2.26. The van der Waals surface area contributed by atoms with Crippen molar-refractivity contribution in [3.8, 4) is 5.69 Å². The Morgan fingerprint density at radius 2 is 1.86 bits per heavy atom. The van der Waals surface area contributed by atoms with E-state index < -0.39 is 22.9 Å². The lowest BCUT2D eigenvalue weighted by Crippen LogP contribution is -2.24. The molecule has 2 aromatic carbocycles. The number of hydrogen-bond donors (Lipinski definition) is 1. The number of imidazole rings is 1. The summed E-state index contributed by atoms with van der Waals surface area (Å²) < 4.78 is 42.0. The van der Waals surface area contributed by atoms with Gasteiger partial charge in [-0.1, -0.05) is 39.8 Å². The van der Waals surface area contributed by atoms with Crippen LogP contribution in [0.15, 0.2) is 70.6 Å². The lowest BCUT2D eigenvalue weighted by molar-refractivity contribution is -0.137. The Labute approximate surface area is 172 Å². The number of carbonyl (C=O) groups excluding carboxylic acids is 1. The molecule has 28 heavy (non-hydrogen) atoms. The van der Waals surface area contributed by atoms with Gasteiger partial charge in [0.05, 0.1) is 16.5 Å². The van der Waals surface area contributed by atoms with Crippen molar-refractivity contribution < 1.29 is 18.0 Å². The molecule has 0 spiro atoms. The van der Waals surface area contributed by atoms with Crippen molar-refractivity contribution in [3.63, 3.8) is 0 Å². The van der Waals surface area contributed by atoms with Crippen LogP contribution in [0.1, 0.15) is 12.5 Å². The quantitative estimate of drug-likeness (QED) is 0.482. The first-order valence-electron chi connectivity index (χ1n) is 8.19. The van der Waals surface area contributed by atoms with Crippen molar-refractivity contribution in [2.75, 3.05) is 5.32 Å². The molecule has 0 bridgehead atoms. The van der Waals surface area contributed by atoms with E-state index in [4.69, 9.17) is 0 Å². The molecule has 0 aliphatic carbocycles. The fraction of sp³-hybridized carbons (Fsp3) is 0.158. The van der Waals surface area contributed by atoms with E-state index in [0.717, 1.165) is 28.0 Å². The van der Waals surface area contributed by atoms with E-state index in [-0.39, 0.29) is 5.69 Å². The van der Waals surface area contributed by atoms with E-state index in [9.17, 15) is 18.0 Å². The summed E-state index contributed by atoms with van der Waals surface area (Å²) in [4.78, 5) is 16.7. The maximum Gasteiger partial charge on any atom is 0.418 e. The first kappa shape index (κ1) is 20.5. The molecule has 0 fully saturated rings. The molecular weight excluding hydrogens is 455 g/mol. The standard InChI is InChI=1S/C19H15BrF3N3OS/c1-12(17(27)25-16-5-3-2-4-15(16)19(21,22)23)28-18-24-10-11-26(18)14-8-6-13(20)7-9-14/h2-12H,1H3,(H,25,27). The normalized spacial score (nSPS) is 12.6. The van der Waals surface area contributed by atoms with Crippen LogP contribution in [-0.2, 0) is 11.0 Å². The van der Waals surface area contributed by atoms with Gasteiger partial charge in [0.1, 0.15) is 0 Å². The Morgan fingerprint density at radius 3 is 2.54 bits per heavy atom. The first-order chi connectivity index (χ1) is 13.3. The summed E-state index contributed by atoms with van der Waals surface area (Å²) in [7, 11) is 0. The molecule has 9 heteroatoms. The van der Waals surface area contributed by atoms with Crippen molar-refractivity contribution in [2.45, 2.75) is 23.5 Å². The molecule has 4 nitrogen and oxygen atoms in total. The van der Waals surface area contributed by atoms with Crippen LogP contribution < -0.4 is 5.32 Å². The van der Waals surface area contributed by atoms with Gasteiger partial charge in [0.15, 0.2) is 5.16 Å². The van der Waals surface area contributed by atoms with Crippen LogP contribution >= 0.6 is 27.7 Å². The Morgan fingerprint density at radius 1 is 1.18 bits per heavy atom. The largest absolute Gasteiger partial charge is 0.418 e. The highest BCUT2D eigenvalue weighted by Crippen LogP contribution is 2.35. The number of aromatic nitrogens is 2. The fourth-order valence-electron chi connectivity index (χ4n) is 2.46. The van der Waals surface area contributed by atoms with Crippen LogP contribution in [-0.4, -0.2) is 20.7 Å². The molecule has 1 amide bonds. The molecule has 1 atom stereocenters. The summed E-state index contributed by atoms with van der Waals surface area (Å²) >= 11 is 4.54. The van der Waals surface area contributed by atoms with Gasteiger partial charge in [-0.2, -0.15) is 13.2 Å². The molecule has 0 saturated heterocycles. The number of anilines is 1. The third kappa shape index (κ3) is 4.77. The predicted octanol–water partition coefficient (Wildman–Crippen LogP) is 5.77. The zero-order valence-electron chi connectivity index (χ0n) is 14.6. The molecule has 1 unspecified atom stereocenters. The minimum absolute atomic E-state index is 0.260. The van der Waals surface area contributed by atoms with Gasteiger partial charge in [-0.15, -0.1) is 0 Å². The van der Waals surface area contributed by atoms with Gasteiger partial charge in [-0.05, 0) is 43.3 Å². The summed E-state index contributed by atoms with van der Waals surface area (Å²) in [5.74, 6) is -0.535. The predicted molar refractivity (Wildman–Crippen MR) is 107 cm³/mol. The van der Waals surface area contributed by atoms with Crippen LogP contribution in [0.25, 0.3) is 5.69 Å². The van der Waals surface area contributed by atoms with Crippen molar-refractivity contribution in [2.24, 2.45) is 0 Å². The summed E-state index contributed by atoms with van der Waals surface area (Å²) in [6.45, 7) is 1.62. The van der Waals surface area contributed by atoms with E-state index in [1.54, 1.807) is 19.3 Å². The second kappa shape index (κ2) is 8.40. The first-order valence-corrected chi connectivity index (χ1v) is 9.86. The second-order valence-electron chi connectivity index (χ2n) is 5.85. The number of benzene rings is 2. The number of rotatable bonds is 5. The van der Waals surface area contributed by atoms with Gasteiger partial charge >= 0.3 is 6.18 Å². The molecule has 1 heterocycles. The number of hydrogen-bond acceptors (Lipinski definition) is 3. The zero-order valence-corrected chi connectivity index (χ0v) is 17.0. The molecule has 3 aromatic rings. The number of thioether (sulfide) groups is 1. The van der Waals surface area contributed by atoms with Crippen LogP contribution in [0.3, 0.4) is 0 Å². The average Bonchev–Trinajstić information content (AvgIpc) is 3.10. The van der Waals surface area contributed by atoms with E-state index in [2.05, 4.69) is 26.2 Å². The molecule has 1 N–H and O–H groups in total. The van der Waals surface area contributed by atoms with Crippen molar-refractivity contribution >= 4 is 39.3 Å². The van der Waals surface area contributed by atoms with Gasteiger partial charge in [0.2, 0.25) is 5.91 Å². The minimum Gasteiger partial charge on any atom is -0.325 e. The van der Waals surface area contributed by atoms with E-state index >= 15 is 0 Å². The lowest BCUT2D eigenvalue weighted by atomic mass is 10.1. The topological polar surface area (TPSA) is 46.9 Å². The van der Waals surface area contributed by atoms with E-state index in [1.807, 2.05) is 28.8 Å². The minimum atomic E-state index is -4.54. The van der Waals surface area contributed by atoms with E-state index in [0.29, 0.717) is 5.16 Å². The molecule has 0 radical (unpaired) electrons. The van der Waals surface area contributed by atoms with Crippen LogP contribution in [0.4, 0.5) is 18.9 Å². The molecule has 0 saturated carbocycles. The van der Waals surface area contributed by atoms with Crippen LogP contribution in [0.5, 0.6) is 0 Å². The van der Waals surface area contributed by atoms with Crippen molar-refractivity contribution in [1.82, 2.24) is 9.55 Å². The van der Waals surface area contributed by atoms with Crippen LogP contribution in [0.2, 0.25) is 0 Å². The van der Waals surface area contributed by atoms with Gasteiger partial charge in [0.25, 0.3) is 0 Å². The highest BCUT2D eigenvalue weighted by atomic mass is 79.9. The summed E-state index contributed by atoms with van der Waals surface area (Å²) in [5.41, 5.74) is -0.279. The summed E-state index contributed by atoms with van der Waals surface area (Å²) in [6, 6.07) is 12.4. The van der Waals surface area contributed by atoms with Gasteiger partial charge in [-0.25, -0.2) is 4.98 Å². The van der Waals surface area contributed by atoms with Crippen LogP contribution in [0, 0.1) is 0 Å². The van der Waals surface area contributed by atoms with Gasteiger partial charge in [-0.3, -0.25) is 9.36 Å². The number of para-hydroxylation sites is 1. The number of nitrogens with one attached hydrogen (secondary N) is 1. The second-order valence-corrected chi connectivity index (χ2v) is 8.07. The van der Waals surface area contributed by atoms with Gasteiger partial charge in [0, 0.05) is 22.6 Å². The molecule has 0 aliphatic heterocycles. The third-order valence-electron chi connectivity index (χ3n) is 3.85. The number of carbonyl (C=O) groups is 1. The highest BCUT2D eigenvalue weighted by molar-refractivity contribution is 9.10. The number of amides is 1. The SMILES string of the molecule is CC(Sc1nccn1-c1ccc(Br)cc1)C(=O)Nc1ccccc1C(F)(F)F. The number of halogens is 4. The molecule has 1 aromatic heterocycles. The average molecular weight is 470 g/mol. The summed E-state index contributed by atoms with van der Waals surface area (Å²) in [5, 5.41) is 2.28. The zero-order chi connectivity index (χ0) is 20.3. The Bertz CT molecular complexity index is 973. The van der Waals surface area contributed by atoms with Crippen molar-refractivity contribution in [1.29, 1.82) is 0 Å². The number of nitrogens with zero attached hydrogens (tertiary/aromatic N) is 2. The molecule has 146 valence electrons. The molecular formula is C19H15BrF3N3OS. The maximum atomic E-state index is 13.1. The Balaban J connectivity index is 1.75. The summed E-state index contributed by atoms with van der Waals surface area (Å²) in [6.07, 6.45) is -1.18. The monoisotopic (exact) mass is 469 g/mol. The van der Waals surface area contributed by atoms with Gasteiger partial charge < -0.3 is 5.32 Å². The number of alkyl halides is 3. The highest BCUT2D eigenvalue weighted by Gasteiger charge is 2.34. The maximum absolute atomic E-state index is 13.1. The fourth-order valence-corrected chi connectivity index (χ4v) is 3.61. The lowest BCUT2D eigenvalue weighted by Gasteiger charge is -2.16.